The summed E-state index contributed by atoms with van der Waals surface area (Å²) in [7, 11) is 0. The summed E-state index contributed by atoms with van der Waals surface area (Å²) >= 11 is 0. The lowest BCUT2D eigenvalue weighted by Gasteiger charge is -2.32. The van der Waals surface area contributed by atoms with Gasteiger partial charge in [-0.1, -0.05) is 6.07 Å². The molecule has 0 radical (unpaired) electrons. The first kappa shape index (κ1) is 17.2. The van der Waals surface area contributed by atoms with E-state index in [0.29, 0.717) is 0 Å². The summed E-state index contributed by atoms with van der Waals surface area (Å²) in [5.74, 6) is 0. The van der Waals surface area contributed by atoms with Gasteiger partial charge in [0.2, 0.25) is 0 Å². The van der Waals surface area contributed by atoms with Crippen LogP contribution in [0.3, 0.4) is 0 Å². The number of hydrogen-bond donors (Lipinski definition) is 3. The normalized spacial score (nSPS) is 15.2. The Morgan fingerprint density at radius 1 is 1.10 bits per heavy atom. The van der Waals surface area contributed by atoms with E-state index >= 15 is 0 Å². The number of nitrogens with one attached hydrogen (secondary N) is 1. The molecule has 1 aromatic carbocycles. The first-order chi connectivity index (χ1) is 9.10. The van der Waals surface area contributed by atoms with Crippen molar-refractivity contribution in [2.75, 3.05) is 6.61 Å². The zero-order valence-corrected chi connectivity index (χ0v) is 13.8. The molecule has 0 aromatic heterocycles. The maximum Gasteiger partial charge on any atom is 0.0945 e. The van der Waals surface area contributed by atoms with Crippen LogP contribution in [0.15, 0.2) is 6.07 Å². The summed E-state index contributed by atoms with van der Waals surface area (Å²) in [5.41, 5.74) is 5.32. The van der Waals surface area contributed by atoms with Crippen LogP contribution in [0.1, 0.15) is 54.7 Å². The van der Waals surface area contributed by atoms with Gasteiger partial charge in [0, 0.05) is 11.6 Å². The van der Waals surface area contributed by atoms with E-state index in [1.54, 1.807) is 0 Å². The Hall–Kier alpha value is -0.900. The van der Waals surface area contributed by atoms with E-state index in [1.807, 2.05) is 20.8 Å². The van der Waals surface area contributed by atoms with Crippen LogP contribution < -0.4 is 5.32 Å². The summed E-state index contributed by atoms with van der Waals surface area (Å²) in [6.07, 6.45) is -0.584. The highest BCUT2D eigenvalue weighted by molar-refractivity contribution is 5.45. The molecular formula is C17H29NO2. The Labute approximate surface area is 123 Å². The molecule has 0 saturated heterocycles. The number of hydrogen-bond acceptors (Lipinski definition) is 3. The van der Waals surface area contributed by atoms with Crippen LogP contribution in [-0.4, -0.2) is 28.4 Å². The fraction of sp³-hybridized carbons (Fsp3) is 0.647. The molecule has 0 amide bonds. The molecule has 3 nitrogen and oxygen atoms in total. The number of benzene rings is 1. The molecule has 0 saturated carbocycles. The van der Waals surface area contributed by atoms with E-state index in [1.165, 1.54) is 11.1 Å². The van der Waals surface area contributed by atoms with Gasteiger partial charge in [-0.2, -0.15) is 0 Å². The Kier molecular flexibility index (Phi) is 5.36. The lowest BCUT2D eigenvalue weighted by molar-refractivity contribution is 0.0982. The molecule has 2 atom stereocenters. The number of aryl methyl sites for hydroxylation is 2. The maximum absolute atomic E-state index is 10.7. The van der Waals surface area contributed by atoms with Gasteiger partial charge in [-0.05, 0) is 76.3 Å². The van der Waals surface area contributed by atoms with E-state index in [2.05, 4.69) is 39.1 Å². The molecule has 3 N–H and O–H groups in total. The van der Waals surface area contributed by atoms with E-state index < -0.39 is 11.6 Å². The molecule has 0 aliphatic heterocycles. The van der Waals surface area contributed by atoms with Gasteiger partial charge >= 0.3 is 0 Å². The number of aliphatic hydroxyl groups is 2. The van der Waals surface area contributed by atoms with Gasteiger partial charge in [0.05, 0.1) is 12.7 Å². The topological polar surface area (TPSA) is 52.5 Å². The summed E-state index contributed by atoms with van der Waals surface area (Å²) in [6, 6.07) is 2.03. The van der Waals surface area contributed by atoms with Crippen LogP contribution in [0, 0.1) is 27.7 Å². The van der Waals surface area contributed by atoms with Crippen molar-refractivity contribution in [3.8, 4) is 0 Å². The third-order valence-corrected chi connectivity index (χ3v) is 4.21. The fourth-order valence-corrected chi connectivity index (χ4v) is 2.68. The van der Waals surface area contributed by atoms with Crippen LogP contribution in [0.5, 0.6) is 0 Å². The molecule has 0 spiro atoms. The average Bonchev–Trinajstić information content (AvgIpc) is 2.36. The minimum Gasteiger partial charge on any atom is -0.394 e. The van der Waals surface area contributed by atoms with Gasteiger partial charge < -0.3 is 15.5 Å². The van der Waals surface area contributed by atoms with Crippen LogP contribution in [0.25, 0.3) is 0 Å². The zero-order chi connectivity index (χ0) is 15.7. The summed E-state index contributed by atoms with van der Waals surface area (Å²) in [6.45, 7) is 14.1. The molecule has 3 heteroatoms. The van der Waals surface area contributed by atoms with Crippen molar-refractivity contribution in [2.24, 2.45) is 0 Å². The third-order valence-electron chi connectivity index (χ3n) is 4.21. The highest BCUT2D eigenvalue weighted by atomic mass is 16.3. The van der Waals surface area contributed by atoms with Crippen molar-refractivity contribution in [1.82, 2.24) is 5.32 Å². The Morgan fingerprint density at radius 2 is 1.55 bits per heavy atom. The van der Waals surface area contributed by atoms with Crippen molar-refractivity contribution in [2.45, 2.75) is 66.2 Å². The molecule has 1 aromatic rings. The van der Waals surface area contributed by atoms with Crippen LogP contribution >= 0.6 is 0 Å². The molecule has 20 heavy (non-hydrogen) atoms. The fourth-order valence-electron chi connectivity index (χ4n) is 2.68. The van der Waals surface area contributed by atoms with Crippen molar-refractivity contribution in [3.05, 3.63) is 33.9 Å². The second-order valence-electron chi connectivity index (χ2n) is 6.59. The molecule has 1 rings (SSSR count). The summed E-state index contributed by atoms with van der Waals surface area (Å²) in [4.78, 5) is 0. The minimum absolute atomic E-state index is 0.0366. The Bertz CT molecular complexity index is 454. The highest BCUT2D eigenvalue weighted by Crippen LogP contribution is 2.29. The Balaban J connectivity index is 3.12. The summed E-state index contributed by atoms with van der Waals surface area (Å²) in [5, 5.41) is 23.4. The minimum atomic E-state index is -0.584. The van der Waals surface area contributed by atoms with E-state index in [0.717, 1.165) is 16.7 Å². The molecule has 0 fully saturated rings. The van der Waals surface area contributed by atoms with Crippen LogP contribution in [0.2, 0.25) is 0 Å². The van der Waals surface area contributed by atoms with Crippen molar-refractivity contribution >= 4 is 0 Å². The van der Waals surface area contributed by atoms with Gasteiger partial charge in [0.25, 0.3) is 0 Å². The van der Waals surface area contributed by atoms with Crippen molar-refractivity contribution in [3.63, 3.8) is 0 Å². The molecular weight excluding hydrogens is 250 g/mol. The monoisotopic (exact) mass is 279 g/mol. The van der Waals surface area contributed by atoms with Gasteiger partial charge in [0.15, 0.2) is 0 Å². The van der Waals surface area contributed by atoms with Crippen LogP contribution in [0.4, 0.5) is 0 Å². The predicted molar refractivity (Wildman–Crippen MR) is 84.1 cm³/mol. The standard InChI is InChI=1S/C17H29NO2/c1-10-8-11(2)13(4)15(12(10)3)16(20)14(5)18-17(6,7)9-19/h8,14,16,18-20H,9H2,1-7H3. The van der Waals surface area contributed by atoms with E-state index in [9.17, 15) is 10.2 Å². The van der Waals surface area contributed by atoms with Crippen molar-refractivity contribution in [1.29, 1.82) is 0 Å². The van der Waals surface area contributed by atoms with Gasteiger partial charge in [0.1, 0.15) is 0 Å². The predicted octanol–water partition coefficient (Wildman–Crippen LogP) is 2.70. The lowest BCUT2D eigenvalue weighted by Crippen LogP contribution is -2.49. The zero-order valence-electron chi connectivity index (χ0n) is 13.8. The van der Waals surface area contributed by atoms with E-state index in [-0.39, 0.29) is 12.6 Å². The molecule has 0 aliphatic rings. The number of rotatable bonds is 5. The van der Waals surface area contributed by atoms with Crippen LogP contribution in [-0.2, 0) is 0 Å². The highest BCUT2D eigenvalue weighted by Gasteiger charge is 2.26. The summed E-state index contributed by atoms with van der Waals surface area (Å²) < 4.78 is 0. The molecule has 2 unspecified atom stereocenters. The first-order valence-corrected chi connectivity index (χ1v) is 7.24. The molecule has 0 aliphatic carbocycles. The molecule has 114 valence electrons. The maximum atomic E-state index is 10.7. The quantitative estimate of drug-likeness (QED) is 0.777. The third kappa shape index (κ3) is 3.60. The van der Waals surface area contributed by atoms with Gasteiger partial charge in [-0.15, -0.1) is 0 Å². The second-order valence-corrected chi connectivity index (χ2v) is 6.59. The second kappa shape index (κ2) is 6.25. The first-order valence-electron chi connectivity index (χ1n) is 7.24. The molecule has 0 bridgehead atoms. The lowest BCUT2D eigenvalue weighted by atomic mass is 9.88. The van der Waals surface area contributed by atoms with E-state index in [4.69, 9.17) is 0 Å². The Morgan fingerprint density at radius 3 is 1.95 bits per heavy atom. The van der Waals surface area contributed by atoms with Gasteiger partial charge in [-0.3, -0.25) is 0 Å². The van der Waals surface area contributed by atoms with Crippen molar-refractivity contribution < 1.29 is 10.2 Å². The largest absolute Gasteiger partial charge is 0.394 e. The van der Waals surface area contributed by atoms with Gasteiger partial charge in [-0.25, -0.2) is 0 Å². The number of aliphatic hydroxyl groups excluding tert-OH is 2. The SMILES string of the molecule is Cc1cc(C)c(C)c(C(O)C(C)NC(C)(C)CO)c1C. The molecule has 0 heterocycles. The smallest absolute Gasteiger partial charge is 0.0945 e. The average molecular weight is 279 g/mol.